The Balaban J connectivity index is 2.47. The predicted octanol–water partition coefficient (Wildman–Crippen LogP) is -0.216. The minimum Gasteiger partial charge on any atom is -0.453 e. The van der Waals surface area contributed by atoms with Crippen molar-refractivity contribution in [2.75, 3.05) is 26.7 Å². The van der Waals surface area contributed by atoms with Crippen molar-refractivity contribution in [3.8, 4) is 0 Å². The topological polar surface area (TPSA) is 75.8 Å². The van der Waals surface area contributed by atoms with Crippen LogP contribution in [-0.2, 0) is 4.74 Å². The number of hydrogen-bond acceptors (Lipinski definition) is 4. The summed E-state index contributed by atoms with van der Waals surface area (Å²) in [6, 6.07) is 0. The van der Waals surface area contributed by atoms with Crippen molar-refractivity contribution in [3.63, 3.8) is 0 Å². The SMILES string of the molecule is COC(=O)N1CCCC(C(O)CN)C1. The Morgan fingerprint density at radius 1 is 1.79 bits per heavy atom. The Hall–Kier alpha value is -0.810. The van der Waals surface area contributed by atoms with Crippen LogP contribution in [-0.4, -0.2) is 48.9 Å². The van der Waals surface area contributed by atoms with Crippen LogP contribution in [0, 0.1) is 5.92 Å². The first kappa shape index (κ1) is 11.3. The molecule has 1 heterocycles. The van der Waals surface area contributed by atoms with Crippen LogP contribution in [0.5, 0.6) is 0 Å². The summed E-state index contributed by atoms with van der Waals surface area (Å²) in [6.07, 6.45) is 0.990. The normalized spacial score (nSPS) is 24.5. The molecule has 1 amide bonds. The van der Waals surface area contributed by atoms with E-state index in [0.717, 1.165) is 12.8 Å². The van der Waals surface area contributed by atoms with E-state index >= 15 is 0 Å². The second kappa shape index (κ2) is 5.17. The van der Waals surface area contributed by atoms with Gasteiger partial charge in [-0.05, 0) is 12.8 Å². The largest absolute Gasteiger partial charge is 0.453 e. The molecule has 1 aliphatic heterocycles. The van der Waals surface area contributed by atoms with E-state index in [0.29, 0.717) is 13.1 Å². The van der Waals surface area contributed by atoms with Crippen LogP contribution in [0.25, 0.3) is 0 Å². The van der Waals surface area contributed by atoms with Gasteiger partial charge in [-0.1, -0.05) is 0 Å². The van der Waals surface area contributed by atoms with Gasteiger partial charge in [0, 0.05) is 25.6 Å². The average Bonchev–Trinajstić information content (AvgIpc) is 2.27. The molecule has 0 saturated carbocycles. The molecule has 82 valence electrons. The third kappa shape index (κ3) is 2.59. The van der Waals surface area contributed by atoms with Crippen molar-refractivity contribution >= 4 is 6.09 Å². The van der Waals surface area contributed by atoms with Gasteiger partial charge in [0.2, 0.25) is 0 Å². The standard InChI is InChI=1S/C9H18N2O3/c1-14-9(13)11-4-2-3-7(6-11)8(12)5-10/h7-8,12H,2-6,10H2,1H3. The van der Waals surface area contributed by atoms with E-state index in [2.05, 4.69) is 4.74 Å². The summed E-state index contributed by atoms with van der Waals surface area (Å²) in [4.78, 5) is 12.8. The predicted molar refractivity (Wildman–Crippen MR) is 51.8 cm³/mol. The van der Waals surface area contributed by atoms with Crippen LogP contribution in [0.2, 0.25) is 0 Å². The first-order valence-electron chi connectivity index (χ1n) is 4.90. The van der Waals surface area contributed by atoms with Crippen molar-refractivity contribution in [1.82, 2.24) is 4.90 Å². The highest BCUT2D eigenvalue weighted by molar-refractivity contribution is 5.67. The number of carbonyl (C=O) groups excluding carboxylic acids is 1. The Bertz CT molecular complexity index is 198. The summed E-state index contributed by atoms with van der Waals surface area (Å²) >= 11 is 0. The molecule has 2 unspecified atom stereocenters. The lowest BCUT2D eigenvalue weighted by atomic mass is 9.93. The van der Waals surface area contributed by atoms with Gasteiger partial charge in [0.25, 0.3) is 0 Å². The van der Waals surface area contributed by atoms with Gasteiger partial charge >= 0.3 is 6.09 Å². The lowest BCUT2D eigenvalue weighted by Gasteiger charge is -2.33. The third-order valence-corrected chi connectivity index (χ3v) is 2.68. The molecule has 0 aromatic carbocycles. The Labute approximate surface area is 83.8 Å². The van der Waals surface area contributed by atoms with Gasteiger partial charge in [-0.3, -0.25) is 0 Å². The maximum absolute atomic E-state index is 11.2. The first-order valence-corrected chi connectivity index (χ1v) is 4.90. The van der Waals surface area contributed by atoms with Crippen LogP contribution in [0.1, 0.15) is 12.8 Å². The number of aliphatic hydroxyl groups excluding tert-OH is 1. The van der Waals surface area contributed by atoms with Crippen molar-refractivity contribution in [2.24, 2.45) is 11.7 Å². The highest BCUT2D eigenvalue weighted by Crippen LogP contribution is 2.19. The van der Waals surface area contributed by atoms with Crippen LogP contribution in [0.4, 0.5) is 4.79 Å². The Kier molecular flexibility index (Phi) is 4.16. The lowest BCUT2D eigenvalue weighted by molar-refractivity contribution is 0.0501. The highest BCUT2D eigenvalue weighted by atomic mass is 16.5. The lowest BCUT2D eigenvalue weighted by Crippen LogP contribution is -2.45. The average molecular weight is 202 g/mol. The van der Waals surface area contributed by atoms with Gasteiger partial charge < -0.3 is 20.5 Å². The molecular formula is C9H18N2O3. The van der Waals surface area contributed by atoms with Gasteiger partial charge in [0.1, 0.15) is 0 Å². The minimum atomic E-state index is -0.512. The van der Waals surface area contributed by atoms with Crippen molar-refractivity contribution in [2.45, 2.75) is 18.9 Å². The van der Waals surface area contributed by atoms with Crippen molar-refractivity contribution in [3.05, 3.63) is 0 Å². The van der Waals surface area contributed by atoms with Gasteiger partial charge in [0.15, 0.2) is 0 Å². The number of nitrogens with zero attached hydrogens (tertiary/aromatic N) is 1. The Morgan fingerprint density at radius 2 is 2.50 bits per heavy atom. The fourth-order valence-corrected chi connectivity index (χ4v) is 1.81. The molecule has 0 radical (unpaired) electrons. The van der Waals surface area contributed by atoms with Gasteiger partial charge in [-0.2, -0.15) is 0 Å². The summed E-state index contributed by atoms with van der Waals surface area (Å²) in [5, 5.41) is 9.55. The monoisotopic (exact) mass is 202 g/mol. The molecule has 1 rings (SSSR count). The number of rotatable bonds is 2. The number of carbonyl (C=O) groups is 1. The molecule has 5 nitrogen and oxygen atoms in total. The van der Waals surface area contributed by atoms with Gasteiger partial charge in [0.05, 0.1) is 13.2 Å². The van der Waals surface area contributed by atoms with E-state index in [1.54, 1.807) is 4.90 Å². The molecule has 5 heteroatoms. The van der Waals surface area contributed by atoms with E-state index in [-0.39, 0.29) is 18.6 Å². The maximum atomic E-state index is 11.2. The number of likely N-dealkylation sites (tertiary alicyclic amines) is 1. The number of nitrogens with two attached hydrogens (primary N) is 1. The summed E-state index contributed by atoms with van der Waals surface area (Å²) in [5.41, 5.74) is 5.37. The van der Waals surface area contributed by atoms with Gasteiger partial charge in [-0.25, -0.2) is 4.79 Å². The van der Waals surface area contributed by atoms with E-state index in [1.807, 2.05) is 0 Å². The van der Waals surface area contributed by atoms with Crippen LogP contribution < -0.4 is 5.73 Å². The van der Waals surface area contributed by atoms with E-state index in [1.165, 1.54) is 7.11 Å². The molecule has 0 bridgehead atoms. The molecule has 1 saturated heterocycles. The maximum Gasteiger partial charge on any atom is 0.409 e. The Morgan fingerprint density at radius 3 is 3.07 bits per heavy atom. The minimum absolute atomic E-state index is 0.0906. The fraction of sp³-hybridized carbons (Fsp3) is 0.889. The van der Waals surface area contributed by atoms with Crippen molar-refractivity contribution < 1.29 is 14.6 Å². The molecule has 1 fully saturated rings. The van der Waals surface area contributed by atoms with Crippen molar-refractivity contribution in [1.29, 1.82) is 0 Å². The summed E-state index contributed by atoms with van der Waals surface area (Å²) in [5.74, 6) is 0.0906. The van der Waals surface area contributed by atoms with Crippen LogP contribution >= 0.6 is 0 Å². The number of piperidine rings is 1. The summed E-state index contributed by atoms with van der Waals surface area (Å²) < 4.78 is 4.63. The zero-order chi connectivity index (χ0) is 10.6. The quantitative estimate of drug-likeness (QED) is 0.649. The molecular weight excluding hydrogens is 184 g/mol. The van der Waals surface area contributed by atoms with E-state index in [4.69, 9.17) is 5.73 Å². The summed E-state index contributed by atoms with van der Waals surface area (Å²) in [6.45, 7) is 1.51. The zero-order valence-electron chi connectivity index (χ0n) is 8.48. The molecule has 1 aliphatic rings. The molecule has 0 spiro atoms. The zero-order valence-corrected chi connectivity index (χ0v) is 8.48. The number of aliphatic hydroxyl groups is 1. The second-order valence-corrected chi connectivity index (χ2v) is 3.62. The van der Waals surface area contributed by atoms with Gasteiger partial charge in [-0.15, -0.1) is 0 Å². The van der Waals surface area contributed by atoms with Crippen LogP contribution in [0.15, 0.2) is 0 Å². The molecule has 0 aromatic heterocycles. The van der Waals surface area contributed by atoms with Crippen LogP contribution in [0.3, 0.4) is 0 Å². The van der Waals surface area contributed by atoms with E-state index < -0.39 is 6.10 Å². The second-order valence-electron chi connectivity index (χ2n) is 3.62. The number of amides is 1. The number of hydrogen-bond donors (Lipinski definition) is 2. The molecule has 2 atom stereocenters. The molecule has 0 aliphatic carbocycles. The smallest absolute Gasteiger partial charge is 0.409 e. The third-order valence-electron chi connectivity index (χ3n) is 2.68. The number of methoxy groups -OCH3 is 1. The molecule has 3 N–H and O–H groups in total. The van der Waals surface area contributed by atoms with E-state index in [9.17, 15) is 9.90 Å². The highest BCUT2D eigenvalue weighted by Gasteiger charge is 2.27. The first-order chi connectivity index (χ1) is 6.69. The fourth-order valence-electron chi connectivity index (χ4n) is 1.81. The molecule has 0 aromatic rings. The number of ether oxygens (including phenoxy) is 1. The molecule has 14 heavy (non-hydrogen) atoms. The summed E-state index contributed by atoms with van der Waals surface area (Å²) in [7, 11) is 1.37.